The Balaban J connectivity index is 0.000000263. The minimum atomic E-state index is 0. The third-order valence-electron chi connectivity index (χ3n) is 5.05. The van der Waals surface area contributed by atoms with Gasteiger partial charge >= 0.3 is 50.8 Å². The molecule has 10 radical (unpaired) electrons. The van der Waals surface area contributed by atoms with Crippen LogP contribution in [0.4, 0.5) is 0 Å². The summed E-state index contributed by atoms with van der Waals surface area (Å²) >= 11 is 4.19. The van der Waals surface area contributed by atoms with E-state index in [9.17, 15) is 0 Å². The molecule has 0 nitrogen and oxygen atoms in total. The molecule has 0 aromatic carbocycles. The van der Waals surface area contributed by atoms with Crippen molar-refractivity contribution in [1.82, 2.24) is 0 Å². The summed E-state index contributed by atoms with van der Waals surface area (Å²) in [4.78, 5) is 0. The molecule has 0 heterocycles. The number of allylic oxidation sites excluding steroid dienone is 16. The number of hydrogen-bond donors (Lipinski definition) is 0. The summed E-state index contributed by atoms with van der Waals surface area (Å²) in [6, 6.07) is 0. The van der Waals surface area contributed by atoms with Crippen LogP contribution in [0.25, 0.3) is 0 Å². The van der Waals surface area contributed by atoms with Crippen molar-refractivity contribution < 1.29 is 30.7 Å². The van der Waals surface area contributed by atoms with Crippen molar-refractivity contribution in [2.24, 2.45) is 0 Å². The predicted molar refractivity (Wildman–Crippen MR) is 132 cm³/mol. The van der Waals surface area contributed by atoms with Gasteiger partial charge in [0, 0.05) is 47.3 Å². The normalized spacial score (nSPS) is 23.2. The molecular formula is C28H24Cl2Cr2+2. The van der Waals surface area contributed by atoms with Gasteiger partial charge in [-0.25, -0.2) is 0 Å². The molecule has 0 spiro atoms. The summed E-state index contributed by atoms with van der Waals surface area (Å²) in [6.45, 7) is 0. The van der Waals surface area contributed by atoms with Crippen LogP contribution in [-0.4, -0.2) is 0 Å². The van der Waals surface area contributed by atoms with Crippen LogP contribution in [0.5, 0.6) is 0 Å². The van der Waals surface area contributed by atoms with Crippen LogP contribution in [0.2, 0.25) is 0 Å². The Morgan fingerprint density at radius 3 is 0.750 bits per heavy atom. The Labute approximate surface area is 221 Å². The third kappa shape index (κ3) is 6.80. The second-order valence-electron chi connectivity index (χ2n) is 6.64. The van der Waals surface area contributed by atoms with Crippen LogP contribution in [0, 0.1) is 75.0 Å². The maximum absolute atomic E-state index is 4.51. The number of fused-ring (bicyclic) bond motifs is 6. The minimum absolute atomic E-state index is 0. The monoisotopic (exact) mass is 534 g/mol. The average Bonchev–Trinajstić information content (AvgIpc) is 3.40. The molecule has 6 rings (SSSR count). The molecule has 0 unspecified atom stereocenters. The van der Waals surface area contributed by atoms with Crippen molar-refractivity contribution in [2.45, 2.75) is 0 Å². The number of hydrogen-bond acceptors (Lipinski definition) is 0. The van der Waals surface area contributed by atoms with E-state index in [0.29, 0.717) is 0 Å². The van der Waals surface area contributed by atoms with Gasteiger partial charge in [0.2, 0.25) is 0 Å². The Morgan fingerprint density at radius 2 is 0.531 bits per heavy atom. The maximum atomic E-state index is 4.51. The SMILES string of the molecule is [CH3-].[CH3-].[CH]1[C]2C=CC=C[C]2[C]2C=CC=C[C]12.[CH]1[C]2C=CC=C[C]2[C]2C=CC=C[C]12.[Cl][Cr+2].[Cl][Cr+2]. The number of rotatable bonds is 0. The molecule has 32 heavy (non-hydrogen) atoms. The first-order chi connectivity index (χ1) is 14.9. The Kier molecular flexibility index (Phi) is 14.3. The Morgan fingerprint density at radius 1 is 0.344 bits per heavy atom. The van der Waals surface area contributed by atoms with Gasteiger partial charge in [-0.2, -0.15) is 0 Å². The van der Waals surface area contributed by atoms with E-state index in [0.717, 1.165) is 0 Å². The summed E-state index contributed by atoms with van der Waals surface area (Å²) in [5.41, 5.74) is 0. The molecule has 2 fully saturated rings. The molecule has 0 N–H and O–H groups in total. The summed E-state index contributed by atoms with van der Waals surface area (Å²) < 4.78 is 0. The van der Waals surface area contributed by atoms with E-state index in [1.165, 1.54) is 47.3 Å². The van der Waals surface area contributed by atoms with E-state index in [4.69, 9.17) is 0 Å². The topological polar surface area (TPSA) is 0 Å². The van der Waals surface area contributed by atoms with Gasteiger partial charge in [0.15, 0.2) is 0 Å². The zero-order valence-electron chi connectivity index (χ0n) is 18.0. The molecule has 6 aliphatic carbocycles. The van der Waals surface area contributed by atoms with E-state index < -0.39 is 0 Å². The van der Waals surface area contributed by atoms with Crippen molar-refractivity contribution in [3.05, 3.63) is 172 Å². The molecule has 2 saturated carbocycles. The molecule has 0 aliphatic heterocycles. The van der Waals surface area contributed by atoms with E-state index >= 15 is 0 Å². The third-order valence-corrected chi connectivity index (χ3v) is 5.05. The molecule has 0 atom stereocenters. The standard InChI is InChI=1S/2C13H9.2CH3.2ClH.2Cr/c2*1-3-7-12-10(5-1)9-11-6-2-4-8-13(11)12;;;;;;/h2*1-9H;2*1H3;2*1H;;/q;;2*-1;;;2*+3/p-2. The van der Waals surface area contributed by atoms with Gasteiger partial charge < -0.3 is 14.9 Å². The van der Waals surface area contributed by atoms with Crippen LogP contribution in [-0.2, 0) is 30.7 Å². The van der Waals surface area contributed by atoms with Crippen LogP contribution in [0.15, 0.2) is 97.2 Å². The fraction of sp³-hybridized carbons (Fsp3) is 0. The Hall–Kier alpha value is -0.435. The summed E-state index contributed by atoms with van der Waals surface area (Å²) in [5.74, 6) is 10.8. The van der Waals surface area contributed by atoms with Gasteiger partial charge in [-0.15, -0.1) is 0 Å². The van der Waals surface area contributed by atoms with E-state index in [1.54, 1.807) is 0 Å². The van der Waals surface area contributed by atoms with Gasteiger partial charge in [0.25, 0.3) is 0 Å². The van der Waals surface area contributed by atoms with Gasteiger partial charge in [0.1, 0.15) is 0 Å². The zero-order chi connectivity index (χ0) is 21.3. The van der Waals surface area contributed by atoms with Crippen molar-refractivity contribution in [2.75, 3.05) is 0 Å². The molecule has 6 aliphatic rings. The summed E-state index contributed by atoms with van der Waals surface area (Å²) in [6.07, 6.45) is 38.5. The first-order valence-electron chi connectivity index (χ1n) is 9.27. The van der Waals surface area contributed by atoms with Gasteiger partial charge in [-0.1, -0.05) is 97.2 Å². The molecule has 0 aromatic heterocycles. The van der Waals surface area contributed by atoms with E-state index in [1.807, 2.05) is 0 Å². The second kappa shape index (κ2) is 15.5. The van der Waals surface area contributed by atoms with Gasteiger partial charge in [-0.05, 0) is 12.8 Å². The zero-order valence-corrected chi connectivity index (χ0v) is 22.0. The number of halogens is 2. The average molecular weight is 535 g/mol. The van der Waals surface area contributed by atoms with Crippen LogP contribution >= 0.6 is 20.1 Å². The molecule has 4 heteroatoms. The van der Waals surface area contributed by atoms with Crippen LogP contribution in [0.3, 0.4) is 0 Å². The van der Waals surface area contributed by atoms with Gasteiger partial charge in [-0.3, -0.25) is 0 Å². The van der Waals surface area contributed by atoms with Crippen LogP contribution < -0.4 is 0 Å². The summed E-state index contributed by atoms with van der Waals surface area (Å²) in [5, 5.41) is 0. The Bertz CT molecular complexity index is 657. The molecule has 160 valence electrons. The van der Waals surface area contributed by atoms with Crippen molar-refractivity contribution >= 4 is 20.1 Å². The molecule has 0 aromatic rings. The predicted octanol–water partition coefficient (Wildman–Crippen LogP) is 7.78. The van der Waals surface area contributed by atoms with Gasteiger partial charge in [0.05, 0.1) is 0 Å². The first-order valence-corrected chi connectivity index (χ1v) is 12.8. The molecular weight excluding hydrogens is 511 g/mol. The van der Waals surface area contributed by atoms with Crippen molar-refractivity contribution in [1.29, 1.82) is 0 Å². The molecule has 0 saturated heterocycles. The fourth-order valence-electron chi connectivity index (χ4n) is 3.81. The van der Waals surface area contributed by atoms with Crippen LogP contribution in [0.1, 0.15) is 0 Å². The summed E-state index contributed by atoms with van der Waals surface area (Å²) in [7, 11) is 9.03. The quantitative estimate of drug-likeness (QED) is 0.278. The van der Waals surface area contributed by atoms with Crippen molar-refractivity contribution in [3.63, 3.8) is 0 Å². The van der Waals surface area contributed by atoms with E-state index in [-0.39, 0.29) is 14.9 Å². The molecule has 0 bridgehead atoms. The molecule has 0 amide bonds. The second-order valence-corrected chi connectivity index (χ2v) is 6.64. The van der Waals surface area contributed by atoms with E-state index in [2.05, 4.69) is 161 Å². The first kappa shape index (κ1) is 29.6. The fourth-order valence-corrected chi connectivity index (χ4v) is 3.81. The van der Waals surface area contributed by atoms with Crippen molar-refractivity contribution in [3.8, 4) is 0 Å².